The second-order valence-corrected chi connectivity index (χ2v) is 6.44. The molecule has 0 spiro atoms. The van der Waals surface area contributed by atoms with Crippen molar-refractivity contribution in [1.82, 2.24) is 0 Å². The third kappa shape index (κ3) is 4.90. The zero-order valence-corrected chi connectivity index (χ0v) is 14.2. The molecule has 0 fully saturated rings. The van der Waals surface area contributed by atoms with E-state index in [1.807, 2.05) is 6.08 Å². The van der Waals surface area contributed by atoms with Gasteiger partial charge in [-0.05, 0) is 54.9 Å². The SMILES string of the molecule is C=CC(=CC=C(C)C)C(=CC)C(=C)C1=CCC(C)(C)C=C1. The van der Waals surface area contributed by atoms with Gasteiger partial charge in [-0.2, -0.15) is 0 Å². The number of allylic oxidation sites excluding steroid dienone is 12. The fraction of sp³-hybridized carbons (Fsp3) is 0.333. The van der Waals surface area contributed by atoms with Crippen molar-refractivity contribution in [3.8, 4) is 0 Å². The lowest BCUT2D eigenvalue weighted by Gasteiger charge is -2.24. The van der Waals surface area contributed by atoms with Crippen LogP contribution in [0.25, 0.3) is 0 Å². The van der Waals surface area contributed by atoms with Crippen molar-refractivity contribution in [1.29, 1.82) is 0 Å². The highest BCUT2D eigenvalue weighted by molar-refractivity contribution is 5.61. The Labute approximate surface area is 130 Å². The molecule has 0 heterocycles. The van der Waals surface area contributed by atoms with Gasteiger partial charge in [-0.25, -0.2) is 0 Å². The maximum absolute atomic E-state index is 4.30. The summed E-state index contributed by atoms with van der Waals surface area (Å²) in [7, 11) is 0. The van der Waals surface area contributed by atoms with Crippen LogP contribution in [-0.2, 0) is 0 Å². The molecule has 0 saturated carbocycles. The van der Waals surface area contributed by atoms with Gasteiger partial charge in [0.05, 0.1) is 0 Å². The normalized spacial score (nSPS) is 18.0. The molecule has 1 aliphatic rings. The topological polar surface area (TPSA) is 0 Å². The first-order chi connectivity index (χ1) is 9.80. The minimum absolute atomic E-state index is 0.249. The van der Waals surface area contributed by atoms with Crippen molar-refractivity contribution in [3.63, 3.8) is 0 Å². The Kier molecular flexibility index (Phi) is 5.96. The Morgan fingerprint density at radius 2 is 1.90 bits per heavy atom. The van der Waals surface area contributed by atoms with Gasteiger partial charge in [0.25, 0.3) is 0 Å². The van der Waals surface area contributed by atoms with Crippen LogP contribution in [0.3, 0.4) is 0 Å². The van der Waals surface area contributed by atoms with E-state index in [2.05, 4.69) is 84.2 Å². The van der Waals surface area contributed by atoms with Gasteiger partial charge in [-0.15, -0.1) is 0 Å². The molecule has 1 rings (SSSR count). The van der Waals surface area contributed by atoms with E-state index in [0.29, 0.717) is 0 Å². The summed E-state index contributed by atoms with van der Waals surface area (Å²) in [5.41, 5.74) is 6.07. The molecule has 0 amide bonds. The zero-order chi connectivity index (χ0) is 16.0. The summed E-state index contributed by atoms with van der Waals surface area (Å²) in [5, 5.41) is 0. The van der Waals surface area contributed by atoms with Crippen LogP contribution in [0.15, 0.2) is 83.6 Å². The van der Waals surface area contributed by atoms with Crippen LogP contribution in [0, 0.1) is 5.41 Å². The molecule has 1 aliphatic carbocycles. The van der Waals surface area contributed by atoms with Crippen LogP contribution in [0.2, 0.25) is 0 Å². The Balaban J connectivity index is 3.07. The minimum atomic E-state index is 0.249. The van der Waals surface area contributed by atoms with Crippen molar-refractivity contribution in [2.24, 2.45) is 5.41 Å². The molecule has 112 valence electrons. The van der Waals surface area contributed by atoms with Crippen molar-refractivity contribution in [2.75, 3.05) is 0 Å². The average Bonchev–Trinajstić information content (AvgIpc) is 2.42. The van der Waals surface area contributed by atoms with Crippen LogP contribution >= 0.6 is 0 Å². The second kappa shape index (κ2) is 7.26. The first-order valence-corrected chi connectivity index (χ1v) is 7.54. The Hall–Kier alpha value is -1.82. The monoisotopic (exact) mass is 280 g/mol. The molecule has 0 radical (unpaired) electrons. The highest BCUT2D eigenvalue weighted by Gasteiger charge is 2.18. The predicted molar refractivity (Wildman–Crippen MR) is 96.2 cm³/mol. The maximum atomic E-state index is 4.30. The van der Waals surface area contributed by atoms with E-state index in [4.69, 9.17) is 0 Å². The molecule has 0 bridgehead atoms. The number of hydrogen-bond acceptors (Lipinski definition) is 0. The molecule has 0 aliphatic heterocycles. The molecule has 21 heavy (non-hydrogen) atoms. The molecule has 0 heteroatoms. The molecule has 0 aromatic carbocycles. The molecule has 0 nitrogen and oxygen atoms in total. The predicted octanol–water partition coefficient (Wildman–Crippen LogP) is 6.48. The van der Waals surface area contributed by atoms with Gasteiger partial charge in [0.1, 0.15) is 0 Å². The number of hydrogen-bond donors (Lipinski definition) is 0. The van der Waals surface area contributed by atoms with E-state index in [-0.39, 0.29) is 5.41 Å². The summed E-state index contributed by atoms with van der Waals surface area (Å²) < 4.78 is 0. The molecule has 0 unspecified atom stereocenters. The Bertz CT molecular complexity index is 565. The quantitative estimate of drug-likeness (QED) is 0.505. The second-order valence-electron chi connectivity index (χ2n) is 6.44. The summed E-state index contributed by atoms with van der Waals surface area (Å²) in [6.07, 6.45) is 16.0. The van der Waals surface area contributed by atoms with Crippen LogP contribution in [0.1, 0.15) is 41.0 Å². The molecular formula is C21H28. The summed E-state index contributed by atoms with van der Waals surface area (Å²) >= 11 is 0. The van der Waals surface area contributed by atoms with E-state index >= 15 is 0 Å². The van der Waals surface area contributed by atoms with Crippen LogP contribution in [0.4, 0.5) is 0 Å². The van der Waals surface area contributed by atoms with E-state index < -0.39 is 0 Å². The molecular weight excluding hydrogens is 252 g/mol. The van der Waals surface area contributed by atoms with Gasteiger partial charge >= 0.3 is 0 Å². The molecule has 0 atom stereocenters. The van der Waals surface area contributed by atoms with Gasteiger partial charge < -0.3 is 0 Å². The summed E-state index contributed by atoms with van der Waals surface area (Å²) in [6, 6.07) is 0. The van der Waals surface area contributed by atoms with E-state index in [1.165, 1.54) is 11.1 Å². The lowest BCUT2D eigenvalue weighted by molar-refractivity contribution is 0.482. The first-order valence-electron chi connectivity index (χ1n) is 7.54. The van der Waals surface area contributed by atoms with Crippen molar-refractivity contribution in [3.05, 3.63) is 83.6 Å². The first kappa shape index (κ1) is 17.2. The van der Waals surface area contributed by atoms with Gasteiger partial charge in [0, 0.05) is 0 Å². The average molecular weight is 280 g/mol. The van der Waals surface area contributed by atoms with Gasteiger partial charge in [-0.3, -0.25) is 0 Å². The smallest absolute Gasteiger partial charge is 0.0137 e. The van der Waals surface area contributed by atoms with Gasteiger partial charge in [0.15, 0.2) is 0 Å². The van der Waals surface area contributed by atoms with Crippen molar-refractivity contribution in [2.45, 2.75) is 41.0 Å². The number of rotatable bonds is 5. The van der Waals surface area contributed by atoms with E-state index in [9.17, 15) is 0 Å². The zero-order valence-electron chi connectivity index (χ0n) is 14.2. The fourth-order valence-electron chi connectivity index (χ4n) is 2.24. The standard InChI is InChI=1S/C21H28/c1-8-18(11-10-16(3)4)20(9-2)17(5)19-12-14-21(6,7)15-13-19/h8-14H,1,5,15H2,2-4,6-7H3. The third-order valence-corrected chi connectivity index (χ3v) is 3.65. The third-order valence-electron chi connectivity index (χ3n) is 3.65. The highest BCUT2D eigenvalue weighted by atomic mass is 14.2. The largest absolute Gasteiger partial charge is 0.0984 e. The van der Waals surface area contributed by atoms with Crippen LogP contribution < -0.4 is 0 Å². The molecule has 0 aromatic rings. The molecule has 0 N–H and O–H groups in total. The van der Waals surface area contributed by atoms with Crippen LogP contribution in [-0.4, -0.2) is 0 Å². The fourth-order valence-corrected chi connectivity index (χ4v) is 2.24. The Morgan fingerprint density at radius 1 is 1.24 bits per heavy atom. The minimum Gasteiger partial charge on any atom is -0.0984 e. The Morgan fingerprint density at radius 3 is 2.33 bits per heavy atom. The highest BCUT2D eigenvalue weighted by Crippen LogP contribution is 2.34. The van der Waals surface area contributed by atoms with Gasteiger partial charge in [0.2, 0.25) is 0 Å². The lowest BCUT2D eigenvalue weighted by Crippen LogP contribution is -2.10. The summed E-state index contributed by atoms with van der Waals surface area (Å²) in [4.78, 5) is 0. The summed E-state index contributed by atoms with van der Waals surface area (Å²) in [5.74, 6) is 0. The lowest BCUT2D eigenvalue weighted by atomic mass is 9.81. The molecule has 0 saturated heterocycles. The van der Waals surface area contributed by atoms with Crippen molar-refractivity contribution < 1.29 is 0 Å². The maximum Gasteiger partial charge on any atom is -0.0137 e. The van der Waals surface area contributed by atoms with E-state index in [0.717, 1.165) is 23.1 Å². The van der Waals surface area contributed by atoms with Crippen LogP contribution in [0.5, 0.6) is 0 Å². The van der Waals surface area contributed by atoms with E-state index in [1.54, 1.807) is 0 Å². The van der Waals surface area contributed by atoms with Crippen molar-refractivity contribution >= 4 is 0 Å². The summed E-state index contributed by atoms with van der Waals surface area (Å²) in [6.45, 7) is 19.0. The van der Waals surface area contributed by atoms with Gasteiger partial charge in [-0.1, -0.05) is 75.1 Å². The molecule has 0 aromatic heterocycles.